The summed E-state index contributed by atoms with van der Waals surface area (Å²) in [6, 6.07) is 13.7. The number of likely N-dealkylation sites (N-methyl/N-ethyl adjacent to an activating group) is 1. The molecule has 0 radical (unpaired) electrons. The van der Waals surface area contributed by atoms with Gasteiger partial charge < -0.3 is 9.64 Å². The molecule has 26 heavy (non-hydrogen) atoms. The van der Waals surface area contributed by atoms with Crippen LogP contribution in [-0.4, -0.2) is 36.2 Å². The number of halogens is 2. The second kappa shape index (κ2) is 10.3. The summed E-state index contributed by atoms with van der Waals surface area (Å²) in [5, 5.41) is 0. The Kier molecular flexibility index (Phi) is 8.12. The molecule has 0 aromatic heterocycles. The third kappa shape index (κ3) is 6.80. The number of ether oxygens (including phenoxy) is 1. The van der Waals surface area contributed by atoms with E-state index >= 15 is 0 Å². The summed E-state index contributed by atoms with van der Waals surface area (Å²) >= 11 is 4.87. The monoisotopic (exact) mass is 439 g/mol. The minimum Gasteiger partial charge on any atom is -0.456 e. The van der Waals surface area contributed by atoms with E-state index in [1.807, 2.05) is 24.3 Å². The molecule has 0 spiro atoms. The van der Waals surface area contributed by atoms with Gasteiger partial charge in [-0.25, -0.2) is 4.39 Å². The fourth-order valence-corrected chi connectivity index (χ4v) is 3.32. The third-order valence-electron chi connectivity index (χ3n) is 3.54. The van der Waals surface area contributed by atoms with Gasteiger partial charge in [-0.2, -0.15) is 0 Å². The van der Waals surface area contributed by atoms with Crippen molar-refractivity contribution in [3.8, 4) is 0 Å². The molecule has 0 fully saturated rings. The van der Waals surface area contributed by atoms with E-state index in [-0.39, 0.29) is 24.8 Å². The van der Waals surface area contributed by atoms with Gasteiger partial charge in [-0.3, -0.25) is 9.59 Å². The molecule has 0 heterocycles. The highest BCUT2D eigenvalue weighted by atomic mass is 79.9. The normalized spacial score (nSPS) is 10.4. The van der Waals surface area contributed by atoms with Gasteiger partial charge in [-0.05, 0) is 35.9 Å². The van der Waals surface area contributed by atoms with E-state index in [0.29, 0.717) is 12.3 Å². The molecule has 2 aromatic rings. The van der Waals surface area contributed by atoms with Crippen LogP contribution in [0.1, 0.15) is 12.0 Å². The molecule has 0 bridgehead atoms. The van der Waals surface area contributed by atoms with Crippen molar-refractivity contribution >= 4 is 39.6 Å². The van der Waals surface area contributed by atoms with Crippen LogP contribution >= 0.6 is 27.7 Å². The minimum absolute atomic E-state index is 0.184. The number of nitrogens with zero attached hydrogens (tertiary/aromatic N) is 1. The molecule has 2 rings (SSSR count). The third-order valence-corrected chi connectivity index (χ3v) is 5.32. The van der Waals surface area contributed by atoms with E-state index in [1.165, 1.54) is 28.8 Å². The minimum atomic E-state index is -0.428. The molecule has 0 atom stereocenters. The number of benzene rings is 2. The molecule has 1 amide bonds. The van der Waals surface area contributed by atoms with E-state index in [9.17, 15) is 14.0 Å². The lowest BCUT2D eigenvalue weighted by atomic mass is 10.2. The molecule has 0 aliphatic rings. The van der Waals surface area contributed by atoms with Crippen LogP contribution in [0.3, 0.4) is 0 Å². The van der Waals surface area contributed by atoms with Crippen LogP contribution in [0.4, 0.5) is 4.39 Å². The van der Waals surface area contributed by atoms with Crippen LogP contribution in [0.25, 0.3) is 0 Å². The molecule has 4 nitrogen and oxygen atoms in total. The molecular weight excluding hydrogens is 421 g/mol. The lowest BCUT2D eigenvalue weighted by Crippen LogP contribution is -2.31. The zero-order valence-electron chi connectivity index (χ0n) is 14.3. The number of thioether (sulfide) groups is 1. The lowest BCUT2D eigenvalue weighted by molar-refractivity contribution is -0.151. The predicted molar refractivity (Wildman–Crippen MR) is 103 cm³/mol. The quantitative estimate of drug-likeness (QED) is 0.455. The lowest BCUT2D eigenvalue weighted by Gasteiger charge is -2.18. The summed E-state index contributed by atoms with van der Waals surface area (Å²) in [7, 11) is 1.67. The summed E-state index contributed by atoms with van der Waals surface area (Å²) in [4.78, 5) is 26.2. The van der Waals surface area contributed by atoms with Gasteiger partial charge in [0.05, 0.1) is 6.42 Å². The van der Waals surface area contributed by atoms with Gasteiger partial charge in [0.1, 0.15) is 5.82 Å². The Morgan fingerprint density at radius 1 is 1.15 bits per heavy atom. The summed E-state index contributed by atoms with van der Waals surface area (Å²) in [5.74, 6) is -0.479. The summed E-state index contributed by atoms with van der Waals surface area (Å²) < 4.78 is 18.8. The summed E-state index contributed by atoms with van der Waals surface area (Å²) in [6.07, 6.45) is 0.184. The number of carbonyl (C=O) groups excluding carboxylic acids is 2. The molecule has 0 aliphatic heterocycles. The van der Waals surface area contributed by atoms with Gasteiger partial charge >= 0.3 is 5.97 Å². The van der Waals surface area contributed by atoms with Crippen molar-refractivity contribution in [2.75, 3.05) is 19.4 Å². The number of hydrogen-bond donors (Lipinski definition) is 0. The number of hydrogen-bond acceptors (Lipinski definition) is 4. The van der Waals surface area contributed by atoms with Gasteiger partial charge in [-0.1, -0.05) is 34.1 Å². The average Bonchev–Trinajstić information content (AvgIpc) is 2.63. The van der Waals surface area contributed by atoms with Crippen molar-refractivity contribution in [1.29, 1.82) is 0 Å². The Morgan fingerprint density at radius 2 is 1.85 bits per heavy atom. The topological polar surface area (TPSA) is 46.6 Å². The van der Waals surface area contributed by atoms with E-state index in [2.05, 4.69) is 15.9 Å². The maximum absolute atomic E-state index is 12.8. The first kappa shape index (κ1) is 20.5. The Bertz CT molecular complexity index is 755. The summed E-state index contributed by atoms with van der Waals surface area (Å²) in [5.41, 5.74) is 0.977. The number of esters is 1. The van der Waals surface area contributed by atoms with Gasteiger partial charge in [0.25, 0.3) is 5.91 Å². The van der Waals surface area contributed by atoms with Crippen LogP contribution in [0.2, 0.25) is 0 Å². The van der Waals surface area contributed by atoms with Crippen molar-refractivity contribution in [3.05, 3.63) is 64.4 Å². The summed E-state index contributed by atoms with van der Waals surface area (Å²) in [6.45, 7) is 0.152. The first-order valence-electron chi connectivity index (χ1n) is 7.97. The Balaban J connectivity index is 1.68. The first-order valence-corrected chi connectivity index (χ1v) is 9.75. The fraction of sp³-hybridized carbons (Fsp3) is 0.263. The van der Waals surface area contributed by atoms with Crippen LogP contribution in [0.15, 0.2) is 57.9 Å². The van der Waals surface area contributed by atoms with E-state index in [1.54, 1.807) is 19.2 Å². The molecule has 0 aliphatic carbocycles. The van der Waals surface area contributed by atoms with E-state index in [4.69, 9.17) is 4.74 Å². The van der Waals surface area contributed by atoms with Crippen LogP contribution in [0.5, 0.6) is 0 Å². The van der Waals surface area contributed by atoms with Crippen molar-refractivity contribution in [1.82, 2.24) is 4.90 Å². The molecule has 0 saturated carbocycles. The van der Waals surface area contributed by atoms with Gasteiger partial charge in [0.2, 0.25) is 0 Å². The van der Waals surface area contributed by atoms with Crippen LogP contribution < -0.4 is 0 Å². The Morgan fingerprint density at radius 3 is 2.54 bits per heavy atom. The average molecular weight is 440 g/mol. The van der Waals surface area contributed by atoms with E-state index < -0.39 is 5.97 Å². The second-order valence-corrected chi connectivity index (χ2v) is 7.58. The zero-order chi connectivity index (χ0) is 18.9. The smallest absolute Gasteiger partial charge is 0.307 e. The molecule has 0 N–H and O–H groups in total. The Labute approximate surface area is 164 Å². The predicted octanol–water partition coefficient (Wildman–Crippen LogP) is 4.27. The van der Waals surface area contributed by atoms with Gasteiger partial charge in [0, 0.05) is 28.7 Å². The number of carbonyl (C=O) groups is 2. The van der Waals surface area contributed by atoms with Gasteiger partial charge in [0.15, 0.2) is 6.61 Å². The Hall–Kier alpha value is -1.86. The molecule has 2 aromatic carbocycles. The van der Waals surface area contributed by atoms with Crippen LogP contribution in [-0.2, 0) is 20.9 Å². The molecule has 0 unspecified atom stereocenters. The number of amides is 1. The zero-order valence-corrected chi connectivity index (χ0v) is 16.7. The molecule has 138 valence electrons. The highest BCUT2D eigenvalue weighted by molar-refractivity contribution is 9.10. The van der Waals surface area contributed by atoms with Crippen molar-refractivity contribution < 1.29 is 18.7 Å². The number of rotatable bonds is 8. The van der Waals surface area contributed by atoms with Crippen molar-refractivity contribution in [3.63, 3.8) is 0 Å². The molecular formula is C19H19BrFNO3S. The SMILES string of the molecule is CN(Cc1ccccc1Br)C(=O)COC(=O)CCSc1ccc(F)cc1. The maximum atomic E-state index is 12.8. The highest BCUT2D eigenvalue weighted by Crippen LogP contribution is 2.19. The molecule has 0 saturated heterocycles. The van der Waals surface area contributed by atoms with Gasteiger partial charge in [-0.15, -0.1) is 11.8 Å². The van der Waals surface area contributed by atoms with Crippen molar-refractivity contribution in [2.24, 2.45) is 0 Å². The van der Waals surface area contributed by atoms with E-state index in [0.717, 1.165) is 14.9 Å². The van der Waals surface area contributed by atoms with Crippen molar-refractivity contribution in [2.45, 2.75) is 17.9 Å². The maximum Gasteiger partial charge on any atom is 0.307 e. The second-order valence-electron chi connectivity index (χ2n) is 5.55. The van der Waals surface area contributed by atoms with Crippen LogP contribution in [0, 0.1) is 5.82 Å². The fourth-order valence-electron chi connectivity index (χ4n) is 2.08. The largest absolute Gasteiger partial charge is 0.456 e. The highest BCUT2D eigenvalue weighted by Gasteiger charge is 2.13. The standard InChI is InChI=1S/C19H19BrFNO3S/c1-22(12-14-4-2-3-5-17(14)20)18(23)13-25-19(24)10-11-26-16-8-6-15(21)7-9-16/h2-9H,10-13H2,1H3. The first-order chi connectivity index (χ1) is 12.5. The molecule has 7 heteroatoms.